The Morgan fingerprint density at radius 3 is 2.61 bits per heavy atom. The summed E-state index contributed by atoms with van der Waals surface area (Å²) in [6.07, 6.45) is 4.08. The number of aryl methyl sites for hydroxylation is 3. The minimum atomic E-state index is -0.406. The number of unbranched alkanes of at least 4 members (excludes halogenated alkanes) is 1. The molecule has 0 amide bonds. The lowest BCUT2D eigenvalue weighted by Gasteiger charge is -2.07. The Hall–Kier alpha value is -1.28. The van der Waals surface area contributed by atoms with Crippen molar-refractivity contribution in [2.45, 2.75) is 53.2 Å². The second kappa shape index (κ2) is 5.15. The summed E-state index contributed by atoms with van der Waals surface area (Å²) >= 11 is 0. The van der Waals surface area contributed by atoms with Gasteiger partial charge in [-0.1, -0.05) is 19.4 Å². The molecule has 2 nitrogen and oxygen atoms in total. The van der Waals surface area contributed by atoms with E-state index in [-0.39, 0.29) is 0 Å². The third-order valence-electron chi connectivity index (χ3n) is 3.55. The van der Waals surface area contributed by atoms with E-state index in [2.05, 4.69) is 43.7 Å². The zero-order chi connectivity index (χ0) is 13.3. The van der Waals surface area contributed by atoms with Gasteiger partial charge in [0.25, 0.3) is 0 Å². The van der Waals surface area contributed by atoms with Crippen LogP contribution in [0.1, 0.15) is 49.5 Å². The molecule has 2 heteroatoms. The fraction of sp³-hybridized carbons (Fsp3) is 0.500. The van der Waals surface area contributed by atoms with Crippen molar-refractivity contribution in [3.05, 3.63) is 35.0 Å². The van der Waals surface area contributed by atoms with Gasteiger partial charge in [-0.3, -0.25) is 0 Å². The maximum Gasteiger partial charge on any atom is 0.0782 e. The van der Waals surface area contributed by atoms with Gasteiger partial charge in [0.2, 0.25) is 0 Å². The van der Waals surface area contributed by atoms with Gasteiger partial charge in [-0.2, -0.15) is 0 Å². The molecule has 1 N–H and O–H groups in total. The molecule has 98 valence electrons. The highest BCUT2D eigenvalue weighted by atomic mass is 16.3. The van der Waals surface area contributed by atoms with Crippen LogP contribution in [-0.4, -0.2) is 9.67 Å². The van der Waals surface area contributed by atoms with Crippen molar-refractivity contribution in [3.8, 4) is 0 Å². The Labute approximate surface area is 109 Å². The minimum Gasteiger partial charge on any atom is -0.389 e. The Balaban J connectivity index is 2.64. The Bertz CT molecular complexity index is 552. The van der Waals surface area contributed by atoms with E-state index >= 15 is 0 Å². The molecular weight excluding hydrogens is 222 g/mol. The molecule has 1 aromatic heterocycles. The molecule has 1 heterocycles. The van der Waals surface area contributed by atoms with Crippen LogP contribution in [-0.2, 0) is 6.54 Å². The maximum atomic E-state index is 9.94. The first-order valence-corrected chi connectivity index (χ1v) is 6.82. The van der Waals surface area contributed by atoms with E-state index in [9.17, 15) is 5.11 Å². The van der Waals surface area contributed by atoms with Crippen LogP contribution in [0.5, 0.6) is 0 Å². The number of hydrogen-bond acceptors (Lipinski definition) is 1. The monoisotopic (exact) mass is 245 g/mol. The molecule has 0 aliphatic carbocycles. The number of rotatable bonds is 4. The third kappa shape index (κ3) is 2.30. The van der Waals surface area contributed by atoms with Gasteiger partial charge in [0, 0.05) is 29.2 Å². The quantitative estimate of drug-likeness (QED) is 0.861. The Morgan fingerprint density at radius 1 is 1.28 bits per heavy atom. The van der Waals surface area contributed by atoms with Crippen molar-refractivity contribution in [1.82, 2.24) is 4.57 Å². The molecule has 2 aromatic rings. The highest BCUT2D eigenvalue weighted by Gasteiger charge is 2.14. The summed E-state index contributed by atoms with van der Waals surface area (Å²) in [4.78, 5) is 0. The molecule has 1 atom stereocenters. The van der Waals surface area contributed by atoms with Gasteiger partial charge in [-0.25, -0.2) is 0 Å². The summed E-state index contributed by atoms with van der Waals surface area (Å²) in [5.41, 5.74) is 4.86. The van der Waals surface area contributed by atoms with E-state index in [1.54, 1.807) is 0 Å². The summed E-state index contributed by atoms with van der Waals surface area (Å²) in [5, 5.41) is 11.2. The van der Waals surface area contributed by atoms with Crippen LogP contribution < -0.4 is 0 Å². The molecule has 1 aromatic carbocycles. The molecular formula is C16H23NO. The molecule has 0 saturated heterocycles. The maximum absolute atomic E-state index is 9.94. The fourth-order valence-electron chi connectivity index (χ4n) is 2.68. The predicted molar refractivity (Wildman–Crippen MR) is 77.0 cm³/mol. The largest absolute Gasteiger partial charge is 0.389 e. The number of hydrogen-bond donors (Lipinski definition) is 1. The molecule has 1 unspecified atom stereocenters. The summed E-state index contributed by atoms with van der Waals surface area (Å²) in [6.45, 7) is 9.34. The van der Waals surface area contributed by atoms with Gasteiger partial charge in [0.05, 0.1) is 6.10 Å². The molecule has 0 aliphatic rings. The van der Waals surface area contributed by atoms with Crippen molar-refractivity contribution in [3.63, 3.8) is 0 Å². The van der Waals surface area contributed by atoms with Gasteiger partial charge in [-0.05, 0) is 44.4 Å². The molecule has 0 bridgehead atoms. The smallest absolute Gasteiger partial charge is 0.0782 e. The van der Waals surface area contributed by atoms with E-state index < -0.39 is 6.10 Å². The number of aliphatic hydroxyl groups excluding tert-OH is 1. The number of benzene rings is 1. The van der Waals surface area contributed by atoms with Gasteiger partial charge < -0.3 is 9.67 Å². The van der Waals surface area contributed by atoms with E-state index in [0.29, 0.717) is 0 Å². The topological polar surface area (TPSA) is 25.2 Å². The van der Waals surface area contributed by atoms with Crippen LogP contribution in [0.4, 0.5) is 0 Å². The molecule has 18 heavy (non-hydrogen) atoms. The summed E-state index contributed by atoms with van der Waals surface area (Å²) in [6, 6.07) is 4.42. The second-order valence-electron chi connectivity index (χ2n) is 5.28. The normalized spacial score (nSPS) is 13.2. The van der Waals surface area contributed by atoms with E-state index in [1.807, 2.05) is 6.92 Å². The van der Waals surface area contributed by atoms with Gasteiger partial charge >= 0.3 is 0 Å². The summed E-state index contributed by atoms with van der Waals surface area (Å²) in [5.74, 6) is 0. The van der Waals surface area contributed by atoms with Crippen LogP contribution >= 0.6 is 0 Å². The first-order chi connectivity index (χ1) is 8.54. The Morgan fingerprint density at radius 2 is 2.00 bits per heavy atom. The summed E-state index contributed by atoms with van der Waals surface area (Å²) in [7, 11) is 0. The zero-order valence-electron chi connectivity index (χ0n) is 11.8. The molecule has 0 fully saturated rings. The van der Waals surface area contributed by atoms with Crippen molar-refractivity contribution in [2.75, 3.05) is 0 Å². The predicted octanol–water partition coefficient (Wildman–Crippen LogP) is 4.11. The van der Waals surface area contributed by atoms with Gasteiger partial charge in [-0.15, -0.1) is 0 Å². The van der Waals surface area contributed by atoms with Crippen molar-refractivity contribution in [2.24, 2.45) is 0 Å². The average Bonchev–Trinajstić information content (AvgIpc) is 2.65. The number of aromatic nitrogens is 1. The van der Waals surface area contributed by atoms with Crippen LogP contribution in [0.15, 0.2) is 18.3 Å². The highest BCUT2D eigenvalue weighted by molar-refractivity contribution is 5.88. The lowest BCUT2D eigenvalue weighted by Crippen LogP contribution is -1.95. The number of fused-ring (bicyclic) bond motifs is 1. The lowest BCUT2D eigenvalue weighted by molar-refractivity contribution is 0.200. The first-order valence-electron chi connectivity index (χ1n) is 6.82. The van der Waals surface area contributed by atoms with Gasteiger partial charge in [0.1, 0.15) is 0 Å². The van der Waals surface area contributed by atoms with E-state index in [0.717, 1.165) is 12.1 Å². The highest BCUT2D eigenvalue weighted by Crippen LogP contribution is 2.30. The van der Waals surface area contributed by atoms with Crippen molar-refractivity contribution in [1.29, 1.82) is 0 Å². The molecule has 2 rings (SSSR count). The minimum absolute atomic E-state index is 0.406. The second-order valence-corrected chi connectivity index (χ2v) is 5.28. The molecule has 0 saturated carbocycles. The molecule has 0 spiro atoms. The zero-order valence-corrected chi connectivity index (χ0v) is 11.8. The lowest BCUT2D eigenvalue weighted by atomic mass is 10.0. The molecule has 0 aliphatic heterocycles. The molecule has 0 radical (unpaired) electrons. The van der Waals surface area contributed by atoms with Crippen LogP contribution in [0.2, 0.25) is 0 Å². The van der Waals surface area contributed by atoms with Crippen LogP contribution in [0.25, 0.3) is 10.9 Å². The van der Waals surface area contributed by atoms with E-state index in [4.69, 9.17) is 0 Å². The third-order valence-corrected chi connectivity index (χ3v) is 3.55. The number of nitrogens with zero attached hydrogens (tertiary/aromatic N) is 1. The number of aliphatic hydroxyl groups is 1. The Kier molecular flexibility index (Phi) is 3.76. The average molecular weight is 245 g/mol. The van der Waals surface area contributed by atoms with E-state index in [1.165, 1.54) is 34.9 Å². The SMILES string of the molecule is CCCCn1cc(C(C)O)c2c(C)cc(C)cc21. The standard InChI is InChI=1S/C16H23NO/c1-5-6-7-17-10-14(13(4)18)16-12(3)8-11(2)9-15(16)17/h8-10,13,18H,5-7H2,1-4H3. The van der Waals surface area contributed by atoms with Crippen molar-refractivity contribution < 1.29 is 5.11 Å². The van der Waals surface area contributed by atoms with Crippen LogP contribution in [0.3, 0.4) is 0 Å². The van der Waals surface area contributed by atoms with Gasteiger partial charge in [0.15, 0.2) is 0 Å². The fourth-order valence-corrected chi connectivity index (χ4v) is 2.68. The first kappa shape index (κ1) is 13.2. The summed E-state index contributed by atoms with van der Waals surface area (Å²) < 4.78 is 2.29. The van der Waals surface area contributed by atoms with Crippen molar-refractivity contribution >= 4 is 10.9 Å². The van der Waals surface area contributed by atoms with Crippen LogP contribution in [0, 0.1) is 13.8 Å².